The van der Waals surface area contributed by atoms with Gasteiger partial charge in [0.2, 0.25) is 11.8 Å². The van der Waals surface area contributed by atoms with Crippen molar-refractivity contribution < 1.29 is 14.4 Å². The van der Waals surface area contributed by atoms with E-state index in [0.29, 0.717) is 25.9 Å². The Balaban J connectivity index is 1.68. The molecule has 2 fully saturated rings. The van der Waals surface area contributed by atoms with Gasteiger partial charge in [-0.15, -0.1) is 0 Å². The van der Waals surface area contributed by atoms with Crippen LogP contribution >= 0.6 is 0 Å². The Kier molecular flexibility index (Phi) is 5.15. The van der Waals surface area contributed by atoms with E-state index in [2.05, 4.69) is 10.6 Å². The van der Waals surface area contributed by atoms with Crippen molar-refractivity contribution in [1.82, 2.24) is 20.4 Å². The third-order valence-electron chi connectivity index (χ3n) is 5.13. The van der Waals surface area contributed by atoms with Crippen molar-refractivity contribution >= 4 is 17.8 Å². The fraction of sp³-hybridized carbons (Fsp3) is 0.526. The lowest BCUT2D eigenvalue weighted by molar-refractivity contribution is -0.142. The fourth-order valence-corrected chi connectivity index (χ4v) is 3.70. The average Bonchev–Trinajstić information content (AvgIpc) is 2.92. The molecule has 140 valence electrons. The highest BCUT2D eigenvalue weighted by Gasteiger charge is 2.52. The number of carbonyl (C=O) groups excluding carboxylic acids is 3. The molecular formula is C19H26N4O3. The van der Waals surface area contributed by atoms with E-state index in [1.54, 1.807) is 9.80 Å². The van der Waals surface area contributed by atoms with Gasteiger partial charge < -0.3 is 20.4 Å². The zero-order valence-corrected chi connectivity index (χ0v) is 15.3. The first-order valence-corrected chi connectivity index (χ1v) is 9.10. The molecule has 1 aromatic carbocycles. The molecule has 0 aliphatic carbocycles. The van der Waals surface area contributed by atoms with Gasteiger partial charge in [-0.1, -0.05) is 30.3 Å². The maximum absolute atomic E-state index is 12.8. The standard InChI is InChI=1S/C19H26N4O3/c1-14(2)21-18(26)22-10-8-19(9-11-22)17(25)20-13-23(19)16(24)12-15-6-4-3-5-7-15/h3-7,14H,8-13H2,1-2H3,(H,20,25)(H,21,26). The highest BCUT2D eigenvalue weighted by Crippen LogP contribution is 2.33. The fourth-order valence-electron chi connectivity index (χ4n) is 3.70. The number of hydrogen-bond donors (Lipinski definition) is 2. The molecule has 0 bridgehead atoms. The number of piperidine rings is 1. The van der Waals surface area contributed by atoms with Crippen LogP contribution in [0.2, 0.25) is 0 Å². The Bertz CT molecular complexity index is 681. The molecule has 2 aliphatic rings. The van der Waals surface area contributed by atoms with Crippen LogP contribution in [0.25, 0.3) is 0 Å². The van der Waals surface area contributed by atoms with E-state index in [9.17, 15) is 14.4 Å². The number of likely N-dealkylation sites (tertiary alicyclic amines) is 1. The van der Waals surface area contributed by atoms with Gasteiger partial charge in [-0.05, 0) is 32.3 Å². The molecule has 2 N–H and O–H groups in total. The lowest BCUT2D eigenvalue weighted by Gasteiger charge is -2.42. The second-order valence-electron chi connectivity index (χ2n) is 7.27. The average molecular weight is 358 g/mol. The minimum atomic E-state index is -0.833. The van der Waals surface area contributed by atoms with E-state index in [-0.39, 0.29) is 37.0 Å². The second-order valence-corrected chi connectivity index (χ2v) is 7.27. The topological polar surface area (TPSA) is 81.8 Å². The molecule has 4 amide bonds. The molecule has 0 aromatic heterocycles. The van der Waals surface area contributed by atoms with Crippen LogP contribution in [0.4, 0.5) is 4.79 Å². The van der Waals surface area contributed by atoms with Gasteiger partial charge in [0.25, 0.3) is 0 Å². The third-order valence-corrected chi connectivity index (χ3v) is 5.13. The van der Waals surface area contributed by atoms with Crippen LogP contribution < -0.4 is 10.6 Å². The smallest absolute Gasteiger partial charge is 0.317 e. The molecule has 0 saturated carbocycles. The Morgan fingerprint density at radius 2 is 1.85 bits per heavy atom. The van der Waals surface area contributed by atoms with E-state index in [1.165, 1.54) is 0 Å². The van der Waals surface area contributed by atoms with E-state index in [4.69, 9.17) is 0 Å². The van der Waals surface area contributed by atoms with Gasteiger partial charge in [0.1, 0.15) is 5.54 Å². The number of hydrogen-bond acceptors (Lipinski definition) is 3. The van der Waals surface area contributed by atoms with Crippen molar-refractivity contribution in [3.05, 3.63) is 35.9 Å². The van der Waals surface area contributed by atoms with Gasteiger partial charge in [0, 0.05) is 19.1 Å². The van der Waals surface area contributed by atoms with Gasteiger partial charge in [0.05, 0.1) is 13.1 Å². The Hall–Kier alpha value is -2.57. The zero-order valence-electron chi connectivity index (χ0n) is 15.3. The maximum Gasteiger partial charge on any atom is 0.317 e. The lowest BCUT2D eigenvalue weighted by atomic mass is 9.85. The minimum Gasteiger partial charge on any atom is -0.336 e. The van der Waals surface area contributed by atoms with Crippen molar-refractivity contribution in [2.45, 2.75) is 44.7 Å². The largest absolute Gasteiger partial charge is 0.336 e. The first-order chi connectivity index (χ1) is 12.4. The van der Waals surface area contributed by atoms with Crippen LogP contribution in [0.15, 0.2) is 30.3 Å². The predicted molar refractivity (Wildman–Crippen MR) is 97.2 cm³/mol. The minimum absolute atomic E-state index is 0.0605. The number of amides is 4. The normalized spacial score (nSPS) is 19.0. The molecule has 1 aromatic rings. The third kappa shape index (κ3) is 3.52. The van der Waals surface area contributed by atoms with Gasteiger partial charge in [-0.25, -0.2) is 4.79 Å². The number of rotatable bonds is 3. The van der Waals surface area contributed by atoms with Crippen LogP contribution in [0, 0.1) is 0 Å². The molecule has 1 spiro atoms. The number of urea groups is 1. The van der Waals surface area contributed by atoms with Crippen molar-refractivity contribution in [3.8, 4) is 0 Å². The summed E-state index contributed by atoms with van der Waals surface area (Å²) in [4.78, 5) is 41.0. The summed E-state index contributed by atoms with van der Waals surface area (Å²) >= 11 is 0. The lowest BCUT2D eigenvalue weighted by Crippen LogP contribution is -2.59. The molecule has 7 nitrogen and oxygen atoms in total. The number of nitrogens with zero attached hydrogens (tertiary/aromatic N) is 2. The highest BCUT2D eigenvalue weighted by molar-refractivity contribution is 5.95. The molecule has 2 heterocycles. The number of nitrogens with one attached hydrogen (secondary N) is 2. The molecule has 0 unspecified atom stereocenters. The number of benzene rings is 1. The summed E-state index contributed by atoms with van der Waals surface area (Å²) in [5.41, 5.74) is 0.0984. The molecule has 2 aliphatic heterocycles. The summed E-state index contributed by atoms with van der Waals surface area (Å²) in [6.45, 7) is 4.99. The van der Waals surface area contributed by atoms with Crippen LogP contribution in [0.5, 0.6) is 0 Å². The quantitative estimate of drug-likeness (QED) is 0.849. The summed E-state index contributed by atoms with van der Waals surface area (Å²) in [6.07, 6.45) is 1.20. The van der Waals surface area contributed by atoms with Gasteiger partial charge in [-0.2, -0.15) is 0 Å². The van der Waals surface area contributed by atoms with E-state index in [1.807, 2.05) is 44.2 Å². The van der Waals surface area contributed by atoms with Crippen LogP contribution in [-0.2, 0) is 16.0 Å². The Labute approximate surface area is 153 Å². The van der Waals surface area contributed by atoms with Gasteiger partial charge in [-0.3, -0.25) is 9.59 Å². The molecular weight excluding hydrogens is 332 g/mol. The highest BCUT2D eigenvalue weighted by atomic mass is 16.2. The molecule has 26 heavy (non-hydrogen) atoms. The summed E-state index contributed by atoms with van der Waals surface area (Å²) in [7, 11) is 0. The van der Waals surface area contributed by atoms with Crippen molar-refractivity contribution in [3.63, 3.8) is 0 Å². The maximum atomic E-state index is 12.8. The van der Waals surface area contributed by atoms with Crippen molar-refractivity contribution in [2.75, 3.05) is 19.8 Å². The Morgan fingerprint density at radius 3 is 2.46 bits per heavy atom. The molecule has 3 rings (SSSR count). The molecule has 7 heteroatoms. The van der Waals surface area contributed by atoms with Crippen LogP contribution in [0.3, 0.4) is 0 Å². The predicted octanol–water partition coefficient (Wildman–Crippen LogP) is 1.10. The van der Waals surface area contributed by atoms with E-state index < -0.39 is 5.54 Å². The zero-order chi connectivity index (χ0) is 18.7. The van der Waals surface area contributed by atoms with Gasteiger partial charge in [0.15, 0.2) is 0 Å². The monoisotopic (exact) mass is 358 g/mol. The van der Waals surface area contributed by atoms with Crippen molar-refractivity contribution in [1.29, 1.82) is 0 Å². The summed E-state index contributed by atoms with van der Waals surface area (Å²) in [6, 6.07) is 9.49. The second kappa shape index (κ2) is 7.35. The van der Waals surface area contributed by atoms with Gasteiger partial charge >= 0.3 is 6.03 Å². The Morgan fingerprint density at radius 1 is 1.19 bits per heavy atom. The summed E-state index contributed by atoms with van der Waals surface area (Å²) < 4.78 is 0. The first kappa shape index (κ1) is 18.2. The van der Waals surface area contributed by atoms with E-state index >= 15 is 0 Å². The van der Waals surface area contributed by atoms with Crippen molar-refractivity contribution in [2.24, 2.45) is 0 Å². The van der Waals surface area contributed by atoms with Crippen LogP contribution in [-0.4, -0.2) is 59.0 Å². The summed E-state index contributed by atoms with van der Waals surface area (Å²) in [5.74, 6) is -0.169. The first-order valence-electron chi connectivity index (χ1n) is 9.10. The SMILES string of the molecule is CC(C)NC(=O)N1CCC2(CC1)C(=O)NCN2C(=O)Cc1ccccc1. The van der Waals surface area contributed by atoms with Crippen LogP contribution in [0.1, 0.15) is 32.3 Å². The summed E-state index contributed by atoms with van der Waals surface area (Å²) in [5, 5.41) is 5.70. The van der Waals surface area contributed by atoms with E-state index in [0.717, 1.165) is 5.56 Å². The molecule has 0 atom stereocenters. The number of carbonyl (C=O) groups is 3. The molecule has 0 radical (unpaired) electrons. The molecule has 2 saturated heterocycles.